The van der Waals surface area contributed by atoms with Crippen LogP contribution in [-0.4, -0.2) is 65.9 Å². The lowest BCUT2D eigenvalue weighted by atomic mass is 9.96. The van der Waals surface area contributed by atoms with Crippen molar-refractivity contribution in [1.82, 2.24) is 14.8 Å². The van der Waals surface area contributed by atoms with Crippen LogP contribution in [0.25, 0.3) is 5.76 Å². The van der Waals surface area contributed by atoms with E-state index in [9.17, 15) is 19.1 Å². The standard InChI is InChI=1S/C21H22FN3O4/c1-24(2)9-10-25-18(14-5-4-8-23-12-14)17(20(27)21(25)28)19(26)13-6-7-16(29-3)15(22)11-13/h4-8,11-12,18,26H,9-10H2,1-3H3/b19-17+/t18-/m0/s1. The first-order valence-corrected chi connectivity index (χ1v) is 9.02. The Kier molecular flexibility index (Phi) is 5.93. The van der Waals surface area contributed by atoms with E-state index in [2.05, 4.69) is 4.98 Å². The molecule has 1 aliphatic heterocycles. The molecule has 0 aliphatic carbocycles. The highest BCUT2D eigenvalue weighted by Crippen LogP contribution is 2.39. The molecule has 0 saturated carbocycles. The summed E-state index contributed by atoms with van der Waals surface area (Å²) in [6, 6.07) is 6.47. The fourth-order valence-electron chi connectivity index (χ4n) is 3.27. The van der Waals surface area contributed by atoms with Gasteiger partial charge in [-0.2, -0.15) is 0 Å². The van der Waals surface area contributed by atoms with Crippen molar-refractivity contribution in [2.75, 3.05) is 34.3 Å². The van der Waals surface area contributed by atoms with Crippen LogP contribution in [-0.2, 0) is 9.59 Å². The van der Waals surface area contributed by atoms with Crippen LogP contribution in [0.5, 0.6) is 5.75 Å². The van der Waals surface area contributed by atoms with Gasteiger partial charge in [-0.1, -0.05) is 6.07 Å². The van der Waals surface area contributed by atoms with E-state index >= 15 is 0 Å². The average molecular weight is 399 g/mol. The number of aromatic nitrogens is 1. The number of carbonyl (C=O) groups is 2. The maximum absolute atomic E-state index is 14.1. The van der Waals surface area contributed by atoms with Crippen molar-refractivity contribution in [2.45, 2.75) is 6.04 Å². The van der Waals surface area contributed by atoms with Crippen LogP contribution in [0.3, 0.4) is 0 Å². The number of nitrogens with zero attached hydrogens (tertiary/aromatic N) is 3. The minimum Gasteiger partial charge on any atom is -0.507 e. The van der Waals surface area contributed by atoms with Crippen molar-refractivity contribution >= 4 is 17.4 Å². The topological polar surface area (TPSA) is 83.0 Å². The smallest absolute Gasteiger partial charge is 0.295 e. The zero-order chi connectivity index (χ0) is 21.1. The van der Waals surface area contributed by atoms with Crippen molar-refractivity contribution in [3.63, 3.8) is 0 Å². The summed E-state index contributed by atoms with van der Waals surface area (Å²) in [5, 5.41) is 10.9. The Hall–Kier alpha value is -3.26. The minimum atomic E-state index is -0.814. The number of amides is 1. The van der Waals surface area contributed by atoms with Gasteiger partial charge in [-0.05, 0) is 43.9 Å². The number of benzene rings is 1. The van der Waals surface area contributed by atoms with E-state index in [4.69, 9.17) is 4.74 Å². The third-order valence-electron chi connectivity index (χ3n) is 4.75. The molecule has 2 heterocycles. The number of hydrogen-bond donors (Lipinski definition) is 1. The monoisotopic (exact) mass is 399 g/mol. The van der Waals surface area contributed by atoms with E-state index in [1.54, 1.807) is 24.5 Å². The molecule has 152 valence electrons. The summed E-state index contributed by atoms with van der Waals surface area (Å²) in [7, 11) is 5.04. The van der Waals surface area contributed by atoms with Crippen LogP contribution < -0.4 is 4.74 Å². The number of ether oxygens (including phenoxy) is 1. The Morgan fingerprint density at radius 3 is 2.66 bits per heavy atom. The molecular weight excluding hydrogens is 377 g/mol. The van der Waals surface area contributed by atoms with Crippen molar-refractivity contribution in [3.8, 4) is 5.75 Å². The number of likely N-dealkylation sites (N-methyl/N-ethyl adjacent to an activating group) is 1. The van der Waals surface area contributed by atoms with Gasteiger partial charge in [0.2, 0.25) is 0 Å². The molecule has 8 heteroatoms. The number of pyridine rings is 1. The summed E-state index contributed by atoms with van der Waals surface area (Å²) < 4.78 is 19.0. The molecule has 3 rings (SSSR count). The lowest BCUT2D eigenvalue weighted by molar-refractivity contribution is -0.140. The fraction of sp³-hybridized carbons (Fsp3) is 0.286. The molecule has 2 aromatic rings. The number of rotatable bonds is 6. The third-order valence-corrected chi connectivity index (χ3v) is 4.75. The van der Waals surface area contributed by atoms with E-state index in [1.165, 1.54) is 24.1 Å². The first-order chi connectivity index (χ1) is 13.8. The number of methoxy groups -OCH3 is 1. The molecule has 1 fully saturated rings. The van der Waals surface area contributed by atoms with Gasteiger partial charge in [-0.15, -0.1) is 0 Å². The number of hydrogen-bond acceptors (Lipinski definition) is 6. The van der Waals surface area contributed by atoms with E-state index in [0.717, 1.165) is 6.07 Å². The number of carbonyl (C=O) groups excluding carboxylic acids is 2. The summed E-state index contributed by atoms with van der Waals surface area (Å²) in [5.74, 6) is -2.64. The molecule has 1 atom stereocenters. The summed E-state index contributed by atoms with van der Waals surface area (Å²) in [6.07, 6.45) is 3.12. The van der Waals surface area contributed by atoms with Gasteiger partial charge < -0.3 is 19.6 Å². The lowest BCUT2D eigenvalue weighted by Crippen LogP contribution is -2.35. The van der Waals surface area contributed by atoms with Crippen molar-refractivity contribution in [2.24, 2.45) is 0 Å². The van der Waals surface area contributed by atoms with Gasteiger partial charge in [-0.25, -0.2) is 4.39 Å². The van der Waals surface area contributed by atoms with E-state index in [-0.39, 0.29) is 23.4 Å². The SMILES string of the molecule is COc1ccc(/C(O)=C2\C(=O)C(=O)N(CCN(C)C)[C@H]2c2cccnc2)cc1F. The van der Waals surface area contributed by atoms with Crippen molar-refractivity contribution in [1.29, 1.82) is 0 Å². The zero-order valence-electron chi connectivity index (χ0n) is 16.4. The molecule has 1 amide bonds. The lowest BCUT2D eigenvalue weighted by Gasteiger charge is -2.26. The summed E-state index contributed by atoms with van der Waals surface area (Å²) >= 11 is 0. The average Bonchev–Trinajstić information content (AvgIpc) is 2.97. The number of likely N-dealkylation sites (tertiary alicyclic amines) is 1. The predicted molar refractivity (Wildman–Crippen MR) is 105 cm³/mol. The first kappa shape index (κ1) is 20.5. The molecule has 1 aromatic carbocycles. The number of Topliss-reactive ketones (excluding diaryl/α,β-unsaturated/α-hetero) is 1. The second kappa shape index (κ2) is 8.40. The molecular formula is C21H22FN3O4. The molecule has 0 radical (unpaired) electrons. The van der Waals surface area contributed by atoms with Gasteiger partial charge in [0.25, 0.3) is 11.7 Å². The zero-order valence-corrected chi connectivity index (χ0v) is 16.4. The number of halogens is 1. The maximum atomic E-state index is 14.1. The first-order valence-electron chi connectivity index (χ1n) is 9.02. The van der Waals surface area contributed by atoms with Crippen LogP contribution in [0, 0.1) is 5.82 Å². The molecule has 1 N–H and O–H groups in total. The number of aliphatic hydroxyl groups is 1. The second-order valence-corrected chi connectivity index (χ2v) is 6.93. The van der Waals surface area contributed by atoms with Crippen LogP contribution in [0.2, 0.25) is 0 Å². The number of ketones is 1. The van der Waals surface area contributed by atoms with Gasteiger partial charge >= 0.3 is 0 Å². The van der Waals surface area contributed by atoms with Crippen molar-refractivity contribution in [3.05, 3.63) is 65.2 Å². The molecule has 7 nitrogen and oxygen atoms in total. The van der Waals surface area contributed by atoms with E-state index in [1.807, 2.05) is 19.0 Å². The molecule has 1 aliphatic rings. The third kappa shape index (κ3) is 3.97. The highest BCUT2D eigenvalue weighted by molar-refractivity contribution is 6.46. The van der Waals surface area contributed by atoms with Gasteiger partial charge in [0.15, 0.2) is 11.6 Å². The van der Waals surface area contributed by atoms with Crippen LogP contribution in [0.4, 0.5) is 4.39 Å². The van der Waals surface area contributed by atoms with E-state index < -0.39 is 29.3 Å². The van der Waals surface area contributed by atoms with Crippen molar-refractivity contribution < 1.29 is 23.8 Å². The fourth-order valence-corrected chi connectivity index (χ4v) is 3.27. The molecule has 0 unspecified atom stereocenters. The second-order valence-electron chi connectivity index (χ2n) is 6.93. The Balaban J connectivity index is 2.13. The van der Waals surface area contributed by atoms with Gasteiger partial charge in [0.05, 0.1) is 18.7 Å². The summed E-state index contributed by atoms with van der Waals surface area (Å²) in [6.45, 7) is 0.811. The van der Waals surface area contributed by atoms with Crippen LogP contribution in [0.15, 0.2) is 48.3 Å². The molecule has 1 saturated heterocycles. The highest BCUT2D eigenvalue weighted by atomic mass is 19.1. The minimum absolute atomic E-state index is 0.0109. The Bertz CT molecular complexity index is 960. The molecule has 0 spiro atoms. The van der Waals surface area contributed by atoms with Crippen LogP contribution in [0.1, 0.15) is 17.2 Å². The predicted octanol–water partition coefficient (Wildman–Crippen LogP) is 2.21. The Labute approximate surface area is 168 Å². The van der Waals surface area contributed by atoms with Gasteiger partial charge in [0.1, 0.15) is 5.76 Å². The summed E-state index contributed by atoms with van der Waals surface area (Å²) in [5.41, 5.74) is 0.579. The largest absolute Gasteiger partial charge is 0.507 e. The normalized spacial score (nSPS) is 18.5. The maximum Gasteiger partial charge on any atom is 0.295 e. The Morgan fingerprint density at radius 1 is 1.31 bits per heavy atom. The Morgan fingerprint density at radius 2 is 2.07 bits per heavy atom. The summed E-state index contributed by atoms with van der Waals surface area (Å²) in [4.78, 5) is 32.9. The highest BCUT2D eigenvalue weighted by Gasteiger charge is 2.46. The van der Waals surface area contributed by atoms with Gasteiger partial charge in [-0.3, -0.25) is 14.6 Å². The quantitative estimate of drug-likeness (QED) is 0.456. The molecule has 0 bridgehead atoms. The molecule has 1 aromatic heterocycles. The van der Waals surface area contributed by atoms with Gasteiger partial charge in [0, 0.05) is 31.0 Å². The molecule has 29 heavy (non-hydrogen) atoms. The number of aliphatic hydroxyl groups excluding tert-OH is 1. The van der Waals surface area contributed by atoms with E-state index in [0.29, 0.717) is 12.1 Å². The van der Waals surface area contributed by atoms with Crippen LogP contribution >= 0.6 is 0 Å².